The van der Waals surface area contributed by atoms with Gasteiger partial charge in [-0.3, -0.25) is 0 Å². The third kappa shape index (κ3) is 3.35. The number of hydrogen-bond donors (Lipinski definition) is 0. The standard InChI is InChI=1S/C5H5.3C2H5O.Zr/c1-2-4-5-3-1;3*1-2-3;/h1-5H;3*2H2,1H3;/q;3*-1;+3. The summed E-state index contributed by atoms with van der Waals surface area (Å²) < 4.78 is 17.8. The molecule has 0 saturated carbocycles. The van der Waals surface area contributed by atoms with Crippen molar-refractivity contribution in [1.82, 2.24) is 0 Å². The molecule has 0 amide bonds. The van der Waals surface area contributed by atoms with Crippen LogP contribution < -0.4 is 0 Å². The second kappa shape index (κ2) is 6.75. The van der Waals surface area contributed by atoms with Crippen LogP contribution in [0.15, 0.2) is 24.3 Å². The van der Waals surface area contributed by atoms with Gasteiger partial charge < -0.3 is 0 Å². The predicted octanol–water partition coefficient (Wildman–Crippen LogP) is 2.91. The molecule has 0 aromatic rings. The summed E-state index contributed by atoms with van der Waals surface area (Å²) >= 11 is -3.35. The van der Waals surface area contributed by atoms with Crippen molar-refractivity contribution in [3.8, 4) is 0 Å². The summed E-state index contributed by atoms with van der Waals surface area (Å²) in [5.41, 5.74) is 0. The molecule has 0 bridgehead atoms. The molecule has 4 heteroatoms. The molecule has 0 atom stereocenters. The van der Waals surface area contributed by atoms with Gasteiger partial charge in [0.05, 0.1) is 0 Å². The second-order valence-corrected chi connectivity index (χ2v) is 9.93. The van der Waals surface area contributed by atoms with Gasteiger partial charge in [0.2, 0.25) is 0 Å². The SMILES string of the molecule is CC[O][Zr]([O]CC)([O]CC)[CH]1C=CC=C1. The summed E-state index contributed by atoms with van der Waals surface area (Å²) in [4.78, 5) is 0. The van der Waals surface area contributed by atoms with E-state index in [0.29, 0.717) is 19.8 Å². The Hall–Kier alpha value is 0.243. The van der Waals surface area contributed by atoms with Gasteiger partial charge in [0.1, 0.15) is 0 Å². The molecule has 15 heavy (non-hydrogen) atoms. The van der Waals surface area contributed by atoms with Crippen LogP contribution in [0.1, 0.15) is 20.8 Å². The van der Waals surface area contributed by atoms with Crippen LogP contribution in [0, 0.1) is 0 Å². The molecule has 1 aliphatic rings. The zero-order valence-corrected chi connectivity index (χ0v) is 12.2. The molecule has 0 spiro atoms. The van der Waals surface area contributed by atoms with Gasteiger partial charge in [-0.2, -0.15) is 0 Å². The second-order valence-electron chi connectivity index (χ2n) is 3.20. The zero-order chi connectivity index (χ0) is 11.1. The van der Waals surface area contributed by atoms with E-state index < -0.39 is 21.6 Å². The fourth-order valence-electron chi connectivity index (χ4n) is 1.68. The molecule has 0 unspecified atom stereocenters. The maximum absolute atomic E-state index is 5.86. The van der Waals surface area contributed by atoms with Crippen molar-refractivity contribution in [3.05, 3.63) is 24.3 Å². The Labute approximate surface area is 98.4 Å². The van der Waals surface area contributed by atoms with E-state index in [1.54, 1.807) is 0 Å². The van der Waals surface area contributed by atoms with Gasteiger partial charge in [-0.05, 0) is 0 Å². The van der Waals surface area contributed by atoms with E-state index in [-0.39, 0.29) is 3.63 Å². The molecule has 0 radical (unpaired) electrons. The molecule has 0 heterocycles. The fourth-order valence-corrected chi connectivity index (χ4v) is 8.39. The fraction of sp³-hybridized carbons (Fsp3) is 0.636. The number of allylic oxidation sites excluding steroid dienone is 4. The molecule has 1 aliphatic carbocycles. The van der Waals surface area contributed by atoms with Crippen molar-refractivity contribution in [2.45, 2.75) is 24.4 Å². The van der Waals surface area contributed by atoms with Crippen molar-refractivity contribution >= 4 is 0 Å². The molecule has 0 saturated heterocycles. The van der Waals surface area contributed by atoms with Gasteiger partial charge in [0.15, 0.2) is 0 Å². The molecule has 1 rings (SSSR count). The normalized spacial score (nSPS) is 16.5. The Morgan fingerprint density at radius 3 is 1.60 bits per heavy atom. The van der Waals surface area contributed by atoms with Crippen molar-refractivity contribution in [2.75, 3.05) is 19.8 Å². The Kier molecular flexibility index (Phi) is 5.99. The predicted molar refractivity (Wildman–Crippen MR) is 56.9 cm³/mol. The quantitative estimate of drug-likeness (QED) is 0.722. The van der Waals surface area contributed by atoms with Crippen LogP contribution in [0.25, 0.3) is 0 Å². The summed E-state index contributed by atoms with van der Waals surface area (Å²) in [6, 6.07) is 0. The van der Waals surface area contributed by atoms with Crippen LogP contribution in [0.2, 0.25) is 3.63 Å². The van der Waals surface area contributed by atoms with Gasteiger partial charge in [-0.15, -0.1) is 0 Å². The summed E-state index contributed by atoms with van der Waals surface area (Å²) in [7, 11) is 0. The van der Waals surface area contributed by atoms with E-state index in [4.69, 9.17) is 8.44 Å². The van der Waals surface area contributed by atoms with Crippen molar-refractivity contribution < 1.29 is 30.0 Å². The number of hydrogen-bond acceptors (Lipinski definition) is 3. The van der Waals surface area contributed by atoms with E-state index in [1.807, 2.05) is 32.9 Å². The minimum absolute atomic E-state index is 0.249. The van der Waals surface area contributed by atoms with E-state index >= 15 is 0 Å². The maximum atomic E-state index is 5.86. The van der Waals surface area contributed by atoms with Crippen LogP contribution in [-0.2, 0) is 30.0 Å². The van der Waals surface area contributed by atoms with Gasteiger partial charge >= 0.3 is 98.5 Å². The third-order valence-corrected chi connectivity index (χ3v) is 10.2. The first kappa shape index (κ1) is 13.3. The average molecular weight is 292 g/mol. The van der Waals surface area contributed by atoms with Crippen molar-refractivity contribution in [3.63, 3.8) is 0 Å². The minimum atomic E-state index is -3.35. The first-order chi connectivity index (χ1) is 7.29. The average Bonchev–Trinajstić information content (AvgIpc) is 2.72. The van der Waals surface area contributed by atoms with Crippen LogP contribution in [0.3, 0.4) is 0 Å². The van der Waals surface area contributed by atoms with Crippen LogP contribution in [0.4, 0.5) is 0 Å². The van der Waals surface area contributed by atoms with Crippen LogP contribution in [0.5, 0.6) is 0 Å². The zero-order valence-electron chi connectivity index (χ0n) is 9.73. The molecule has 86 valence electrons. The summed E-state index contributed by atoms with van der Waals surface area (Å²) in [5, 5.41) is 0. The van der Waals surface area contributed by atoms with Gasteiger partial charge in [-0.25, -0.2) is 0 Å². The van der Waals surface area contributed by atoms with Gasteiger partial charge in [0.25, 0.3) is 0 Å². The molecular formula is C11H20O3Zr. The van der Waals surface area contributed by atoms with E-state index in [9.17, 15) is 0 Å². The Morgan fingerprint density at radius 2 is 1.27 bits per heavy atom. The molecular weight excluding hydrogens is 271 g/mol. The molecule has 0 aromatic heterocycles. The van der Waals surface area contributed by atoms with E-state index in [1.165, 1.54) is 0 Å². The molecule has 0 fully saturated rings. The summed E-state index contributed by atoms with van der Waals surface area (Å²) in [5.74, 6) is 0. The Bertz CT molecular complexity index is 209. The Morgan fingerprint density at radius 1 is 0.867 bits per heavy atom. The molecule has 0 aromatic carbocycles. The van der Waals surface area contributed by atoms with E-state index in [0.717, 1.165) is 0 Å². The Balaban J connectivity index is 2.78. The van der Waals surface area contributed by atoms with Crippen LogP contribution >= 0.6 is 0 Å². The van der Waals surface area contributed by atoms with Crippen molar-refractivity contribution in [2.24, 2.45) is 0 Å². The van der Waals surface area contributed by atoms with E-state index in [2.05, 4.69) is 12.2 Å². The van der Waals surface area contributed by atoms with Gasteiger partial charge in [0, 0.05) is 0 Å². The topological polar surface area (TPSA) is 27.7 Å². The van der Waals surface area contributed by atoms with Crippen molar-refractivity contribution in [1.29, 1.82) is 0 Å². The number of rotatable bonds is 7. The van der Waals surface area contributed by atoms with Crippen LogP contribution in [-0.4, -0.2) is 19.8 Å². The summed E-state index contributed by atoms with van der Waals surface area (Å²) in [6.45, 7) is 7.96. The monoisotopic (exact) mass is 290 g/mol. The van der Waals surface area contributed by atoms with Gasteiger partial charge in [-0.1, -0.05) is 0 Å². The summed E-state index contributed by atoms with van der Waals surface area (Å²) in [6.07, 6.45) is 8.31. The molecule has 0 N–H and O–H groups in total. The molecule has 0 aliphatic heterocycles. The first-order valence-corrected chi connectivity index (χ1v) is 9.98. The first-order valence-electron chi connectivity index (χ1n) is 5.56. The third-order valence-electron chi connectivity index (χ3n) is 2.19. The molecule has 3 nitrogen and oxygen atoms in total.